The van der Waals surface area contributed by atoms with Gasteiger partial charge in [0.2, 0.25) is 0 Å². The minimum absolute atomic E-state index is 0.0247. The van der Waals surface area contributed by atoms with Crippen molar-refractivity contribution < 1.29 is 9.53 Å². The topological polar surface area (TPSA) is 53.6 Å². The first-order valence-corrected chi connectivity index (χ1v) is 9.15. The minimum Gasteiger partial charge on any atom is -0.366 e. The van der Waals surface area contributed by atoms with Crippen molar-refractivity contribution >= 4 is 5.91 Å². The molecule has 2 aliphatic rings. The Morgan fingerprint density at radius 3 is 2.92 bits per heavy atom. The Morgan fingerprint density at radius 2 is 2.17 bits per heavy atom. The van der Waals surface area contributed by atoms with E-state index in [1.807, 2.05) is 6.07 Å². The minimum atomic E-state index is -0.368. The molecule has 1 aromatic rings. The standard InChI is InChI=1S/C19H29N3O2/c1-15-6-4-5-10-22(15)14-17-8-3-2-7-16(17)12-21-19(23)18-13-20-9-11-24-18/h2-3,7-8,15,18,20H,4-6,9-14H2,1H3,(H,21,23). The molecular weight excluding hydrogens is 302 g/mol. The number of nitrogens with zero attached hydrogens (tertiary/aromatic N) is 1. The quantitative estimate of drug-likeness (QED) is 0.862. The summed E-state index contributed by atoms with van der Waals surface area (Å²) >= 11 is 0. The number of benzene rings is 1. The van der Waals surface area contributed by atoms with Crippen LogP contribution in [0.2, 0.25) is 0 Å². The fraction of sp³-hybridized carbons (Fsp3) is 0.632. The average Bonchev–Trinajstić information content (AvgIpc) is 2.63. The second kappa shape index (κ2) is 8.60. The van der Waals surface area contributed by atoms with Crippen molar-refractivity contribution in [3.63, 3.8) is 0 Å². The summed E-state index contributed by atoms with van der Waals surface area (Å²) in [6.45, 7) is 7.03. The van der Waals surface area contributed by atoms with E-state index in [1.54, 1.807) is 0 Å². The van der Waals surface area contributed by atoms with Crippen LogP contribution < -0.4 is 10.6 Å². The van der Waals surface area contributed by atoms with Crippen molar-refractivity contribution in [1.82, 2.24) is 15.5 Å². The molecule has 2 aliphatic heterocycles. The summed E-state index contributed by atoms with van der Waals surface area (Å²) in [4.78, 5) is 14.8. The van der Waals surface area contributed by atoms with Gasteiger partial charge in [0.15, 0.2) is 0 Å². The van der Waals surface area contributed by atoms with Gasteiger partial charge in [-0.3, -0.25) is 9.69 Å². The molecule has 0 spiro atoms. The molecule has 0 radical (unpaired) electrons. The van der Waals surface area contributed by atoms with Crippen molar-refractivity contribution in [2.45, 2.75) is 51.4 Å². The zero-order valence-electron chi connectivity index (χ0n) is 14.6. The van der Waals surface area contributed by atoms with Crippen LogP contribution in [0.4, 0.5) is 0 Å². The van der Waals surface area contributed by atoms with Gasteiger partial charge >= 0.3 is 0 Å². The van der Waals surface area contributed by atoms with Crippen LogP contribution in [0, 0.1) is 0 Å². The summed E-state index contributed by atoms with van der Waals surface area (Å²) in [6.07, 6.45) is 3.54. The molecule has 0 saturated carbocycles. The highest BCUT2D eigenvalue weighted by Gasteiger charge is 2.22. The SMILES string of the molecule is CC1CCCCN1Cc1ccccc1CNC(=O)C1CNCCO1. The van der Waals surface area contributed by atoms with E-state index in [1.165, 1.54) is 36.9 Å². The maximum absolute atomic E-state index is 12.2. The van der Waals surface area contributed by atoms with E-state index in [9.17, 15) is 4.79 Å². The first kappa shape index (κ1) is 17.4. The Labute approximate surface area is 144 Å². The number of nitrogens with one attached hydrogen (secondary N) is 2. The third kappa shape index (κ3) is 4.56. The Balaban J connectivity index is 1.58. The van der Waals surface area contributed by atoms with Crippen LogP contribution in [0.1, 0.15) is 37.3 Å². The smallest absolute Gasteiger partial charge is 0.250 e. The molecule has 5 heteroatoms. The van der Waals surface area contributed by atoms with Gasteiger partial charge in [-0.1, -0.05) is 30.7 Å². The second-order valence-corrected chi connectivity index (χ2v) is 6.87. The van der Waals surface area contributed by atoms with Crippen LogP contribution in [0.15, 0.2) is 24.3 Å². The number of rotatable bonds is 5. The maximum Gasteiger partial charge on any atom is 0.250 e. The molecule has 0 bridgehead atoms. The zero-order valence-corrected chi connectivity index (χ0v) is 14.6. The molecule has 5 nitrogen and oxygen atoms in total. The first-order chi connectivity index (χ1) is 11.7. The van der Waals surface area contributed by atoms with Gasteiger partial charge in [-0.2, -0.15) is 0 Å². The van der Waals surface area contributed by atoms with Gasteiger partial charge in [-0.15, -0.1) is 0 Å². The number of amides is 1. The third-order valence-corrected chi connectivity index (χ3v) is 5.11. The summed E-state index contributed by atoms with van der Waals surface area (Å²) in [6, 6.07) is 9.07. The number of carbonyl (C=O) groups is 1. The van der Waals surface area contributed by atoms with Crippen molar-refractivity contribution in [1.29, 1.82) is 0 Å². The van der Waals surface area contributed by atoms with E-state index in [0.717, 1.165) is 13.1 Å². The molecule has 2 heterocycles. The Hall–Kier alpha value is -1.43. The van der Waals surface area contributed by atoms with E-state index < -0.39 is 0 Å². The largest absolute Gasteiger partial charge is 0.366 e. The predicted molar refractivity (Wildman–Crippen MR) is 94.6 cm³/mol. The second-order valence-electron chi connectivity index (χ2n) is 6.87. The van der Waals surface area contributed by atoms with Crippen LogP contribution in [0.3, 0.4) is 0 Å². The van der Waals surface area contributed by atoms with Crippen molar-refractivity contribution in [2.75, 3.05) is 26.2 Å². The average molecular weight is 331 g/mol. The van der Waals surface area contributed by atoms with E-state index in [-0.39, 0.29) is 12.0 Å². The van der Waals surface area contributed by atoms with Gasteiger partial charge in [0, 0.05) is 32.2 Å². The molecule has 2 atom stereocenters. The molecule has 2 fully saturated rings. The van der Waals surface area contributed by atoms with Crippen LogP contribution in [-0.2, 0) is 22.6 Å². The number of hydrogen-bond acceptors (Lipinski definition) is 4. The molecule has 1 aromatic carbocycles. The monoisotopic (exact) mass is 331 g/mol. The van der Waals surface area contributed by atoms with E-state index in [0.29, 0.717) is 25.7 Å². The first-order valence-electron chi connectivity index (χ1n) is 9.15. The number of likely N-dealkylation sites (tertiary alicyclic amines) is 1. The molecular formula is C19H29N3O2. The fourth-order valence-electron chi connectivity index (χ4n) is 3.53. The maximum atomic E-state index is 12.2. The van der Waals surface area contributed by atoms with Crippen LogP contribution in [-0.4, -0.2) is 49.2 Å². The summed E-state index contributed by atoms with van der Waals surface area (Å²) < 4.78 is 5.51. The Morgan fingerprint density at radius 1 is 1.33 bits per heavy atom. The van der Waals surface area contributed by atoms with E-state index >= 15 is 0 Å². The van der Waals surface area contributed by atoms with Gasteiger partial charge in [0.1, 0.15) is 6.10 Å². The molecule has 2 N–H and O–H groups in total. The molecule has 2 unspecified atom stereocenters. The highest BCUT2D eigenvalue weighted by Crippen LogP contribution is 2.20. The van der Waals surface area contributed by atoms with Crippen molar-refractivity contribution in [3.8, 4) is 0 Å². The van der Waals surface area contributed by atoms with Crippen molar-refractivity contribution in [3.05, 3.63) is 35.4 Å². The summed E-state index contributed by atoms with van der Waals surface area (Å²) in [5.41, 5.74) is 2.52. The van der Waals surface area contributed by atoms with Gasteiger partial charge in [-0.25, -0.2) is 0 Å². The number of morpholine rings is 1. The van der Waals surface area contributed by atoms with Crippen LogP contribution in [0.5, 0.6) is 0 Å². The number of hydrogen-bond donors (Lipinski definition) is 2. The molecule has 132 valence electrons. The van der Waals surface area contributed by atoms with Crippen molar-refractivity contribution in [2.24, 2.45) is 0 Å². The van der Waals surface area contributed by atoms with Gasteiger partial charge < -0.3 is 15.4 Å². The van der Waals surface area contributed by atoms with Gasteiger partial charge in [0.25, 0.3) is 5.91 Å². The molecule has 0 aromatic heterocycles. The number of piperidine rings is 1. The summed E-state index contributed by atoms with van der Waals surface area (Å²) in [5, 5.41) is 6.23. The highest BCUT2D eigenvalue weighted by atomic mass is 16.5. The van der Waals surface area contributed by atoms with Crippen LogP contribution >= 0.6 is 0 Å². The van der Waals surface area contributed by atoms with Gasteiger partial charge in [-0.05, 0) is 37.4 Å². The molecule has 3 rings (SSSR count). The molecule has 24 heavy (non-hydrogen) atoms. The van der Waals surface area contributed by atoms with E-state index in [2.05, 4.69) is 40.7 Å². The summed E-state index contributed by atoms with van der Waals surface area (Å²) in [5.74, 6) is -0.0247. The lowest BCUT2D eigenvalue weighted by molar-refractivity contribution is -0.134. The van der Waals surface area contributed by atoms with Gasteiger partial charge in [0.05, 0.1) is 6.61 Å². The fourth-order valence-corrected chi connectivity index (χ4v) is 3.53. The zero-order chi connectivity index (χ0) is 16.8. The number of carbonyl (C=O) groups excluding carboxylic acids is 1. The molecule has 0 aliphatic carbocycles. The lowest BCUT2D eigenvalue weighted by Gasteiger charge is -2.33. The lowest BCUT2D eigenvalue weighted by Crippen LogP contribution is -2.47. The van der Waals surface area contributed by atoms with Crippen LogP contribution in [0.25, 0.3) is 0 Å². The third-order valence-electron chi connectivity index (χ3n) is 5.11. The number of ether oxygens (including phenoxy) is 1. The Kier molecular flexibility index (Phi) is 6.24. The summed E-state index contributed by atoms with van der Waals surface area (Å²) in [7, 11) is 0. The lowest BCUT2D eigenvalue weighted by atomic mass is 10.0. The van der Waals surface area contributed by atoms with E-state index in [4.69, 9.17) is 4.74 Å². The highest BCUT2D eigenvalue weighted by molar-refractivity contribution is 5.81. The molecule has 1 amide bonds. The Bertz CT molecular complexity index is 543. The predicted octanol–water partition coefficient (Wildman–Crippen LogP) is 1.67. The molecule has 2 saturated heterocycles. The normalized spacial score (nSPS) is 25.4.